The largest absolute Gasteiger partial charge is 0.493 e. The maximum absolute atomic E-state index is 12.1. The Morgan fingerprint density at radius 3 is 2.27 bits per heavy atom. The van der Waals surface area contributed by atoms with E-state index >= 15 is 0 Å². The first kappa shape index (κ1) is 22.0. The highest BCUT2D eigenvalue weighted by Gasteiger charge is 2.36. The van der Waals surface area contributed by atoms with Crippen LogP contribution in [-0.4, -0.2) is 49.9 Å². The summed E-state index contributed by atoms with van der Waals surface area (Å²) in [5, 5.41) is 9.95. The Labute approximate surface area is 178 Å². The van der Waals surface area contributed by atoms with Crippen LogP contribution in [0.2, 0.25) is 0 Å². The predicted octanol–water partition coefficient (Wildman–Crippen LogP) is 4.36. The zero-order chi connectivity index (χ0) is 21.8. The minimum atomic E-state index is -0.780. The summed E-state index contributed by atoms with van der Waals surface area (Å²) >= 11 is 0. The van der Waals surface area contributed by atoms with E-state index in [2.05, 4.69) is 36.9 Å². The van der Waals surface area contributed by atoms with E-state index < -0.39 is 12.0 Å². The number of aryl methyl sites for hydroxylation is 2. The zero-order valence-corrected chi connectivity index (χ0v) is 18.4. The number of carboxylic acids is 1. The molecule has 0 saturated carbocycles. The molecule has 6 nitrogen and oxygen atoms in total. The molecule has 0 aromatic heterocycles. The van der Waals surface area contributed by atoms with Crippen molar-refractivity contribution >= 4 is 5.97 Å². The molecule has 0 spiro atoms. The standard InChI is InChI=1S/C24H31NO5/c1-15-9-10-16(2)18(12-15)22(25-11-7-6-8-19(25)24(26)27)17-13-20(28-3)23(30-5)21(14-17)29-4/h9-10,12-14,19,22H,6-8,11H2,1-5H3,(H,26,27). The van der Waals surface area contributed by atoms with E-state index in [9.17, 15) is 9.90 Å². The van der Waals surface area contributed by atoms with Gasteiger partial charge in [-0.3, -0.25) is 9.69 Å². The fourth-order valence-corrected chi connectivity index (χ4v) is 4.39. The molecule has 1 aliphatic heterocycles. The third-order valence-electron chi connectivity index (χ3n) is 5.89. The van der Waals surface area contributed by atoms with Crippen molar-refractivity contribution in [3.8, 4) is 17.2 Å². The van der Waals surface area contributed by atoms with E-state index in [4.69, 9.17) is 14.2 Å². The third kappa shape index (κ3) is 4.24. The van der Waals surface area contributed by atoms with Crippen LogP contribution >= 0.6 is 0 Å². The number of likely N-dealkylation sites (tertiary alicyclic amines) is 1. The van der Waals surface area contributed by atoms with E-state index in [0.717, 1.165) is 35.1 Å². The van der Waals surface area contributed by atoms with Gasteiger partial charge in [0, 0.05) is 0 Å². The zero-order valence-electron chi connectivity index (χ0n) is 18.4. The van der Waals surface area contributed by atoms with E-state index in [1.165, 1.54) is 0 Å². The molecule has 162 valence electrons. The summed E-state index contributed by atoms with van der Waals surface area (Å²) in [6, 6.07) is 9.41. The molecule has 1 heterocycles. The molecule has 2 atom stereocenters. The summed E-state index contributed by atoms with van der Waals surface area (Å²) in [6.07, 6.45) is 2.53. The Morgan fingerprint density at radius 1 is 1.03 bits per heavy atom. The Morgan fingerprint density at radius 2 is 1.70 bits per heavy atom. The Balaban J connectivity index is 2.24. The molecule has 6 heteroatoms. The predicted molar refractivity (Wildman–Crippen MR) is 116 cm³/mol. The molecule has 2 aromatic carbocycles. The van der Waals surface area contributed by atoms with Crippen molar-refractivity contribution in [2.75, 3.05) is 27.9 Å². The molecule has 0 bridgehead atoms. The summed E-state index contributed by atoms with van der Waals surface area (Å²) in [5.41, 5.74) is 4.27. The fraction of sp³-hybridized carbons (Fsp3) is 0.458. The molecule has 0 aliphatic carbocycles. The molecule has 1 N–H and O–H groups in total. The van der Waals surface area contributed by atoms with E-state index in [1.54, 1.807) is 21.3 Å². The van der Waals surface area contributed by atoms with Gasteiger partial charge in [-0.05, 0) is 62.1 Å². The number of methoxy groups -OCH3 is 3. The van der Waals surface area contributed by atoms with E-state index in [0.29, 0.717) is 30.2 Å². The van der Waals surface area contributed by atoms with Gasteiger partial charge >= 0.3 is 5.97 Å². The minimum absolute atomic E-state index is 0.236. The lowest BCUT2D eigenvalue weighted by molar-refractivity contribution is -0.145. The third-order valence-corrected chi connectivity index (χ3v) is 5.89. The Hall–Kier alpha value is -2.73. The number of carbonyl (C=O) groups is 1. The van der Waals surface area contributed by atoms with E-state index in [-0.39, 0.29) is 6.04 Å². The smallest absolute Gasteiger partial charge is 0.320 e. The van der Waals surface area contributed by atoms with Gasteiger partial charge in [0.2, 0.25) is 5.75 Å². The highest BCUT2D eigenvalue weighted by Crippen LogP contribution is 2.44. The number of hydrogen-bond acceptors (Lipinski definition) is 5. The average molecular weight is 414 g/mol. The second-order valence-electron chi connectivity index (χ2n) is 7.81. The first-order chi connectivity index (χ1) is 14.4. The van der Waals surface area contributed by atoms with Crippen LogP contribution in [0.1, 0.15) is 47.6 Å². The molecular formula is C24H31NO5. The molecule has 0 radical (unpaired) electrons. The van der Waals surface area contributed by atoms with Crippen LogP contribution in [0.5, 0.6) is 17.2 Å². The Bertz CT molecular complexity index is 885. The second-order valence-corrected chi connectivity index (χ2v) is 7.81. The minimum Gasteiger partial charge on any atom is -0.493 e. The number of ether oxygens (including phenoxy) is 3. The van der Waals surface area contributed by atoms with Crippen molar-refractivity contribution in [3.05, 3.63) is 52.6 Å². The van der Waals surface area contributed by atoms with Gasteiger partial charge in [-0.15, -0.1) is 0 Å². The summed E-state index contributed by atoms with van der Waals surface area (Å²) in [4.78, 5) is 14.2. The van der Waals surface area contributed by atoms with Gasteiger partial charge in [-0.2, -0.15) is 0 Å². The first-order valence-electron chi connectivity index (χ1n) is 10.3. The summed E-state index contributed by atoms with van der Waals surface area (Å²) in [7, 11) is 4.76. The van der Waals surface area contributed by atoms with E-state index in [1.807, 2.05) is 12.1 Å². The molecular weight excluding hydrogens is 382 g/mol. The summed E-state index contributed by atoms with van der Waals surface area (Å²) in [5.74, 6) is 0.867. The first-order valence-corrected chi connectivity index (χ1v) is 10.3. The van der Waals surface area contributed by atoms with Crippen molar-refractivity contribution in [2.45, 2.75) is 45.2 Å². The lowest BCUT2D eigenvalue weighted by Crippen LogP contribution is -2.47. The molecule has 2 aromatic rings. The maximum Gasteiger partial charge on any atom is 0.320 e. The summed E-state index contributed by atoms with van der Waals surface area (Å²) in [6.45, 7) is 4.84. The van der Waals surface area contributed by atoms with Gasteiger partial charge in [-0.25, -0.2) is 0 Å². The maximum atomic E-state index is 12.1. The van der Waals surface area contributed by atoms with Crippen LogP contribution < -0.4 is 14.2 Å². The highest BCUT2D eigenvalue weighted by molar-refractivity contribution is 5.74. The van der Waals surface area contributed by atoms with Crippen molar-refractivity contribution in [3.63, 3.8) is 0 Å². The number of piperidine rings is 1. The Kier molecular flexibility index (Phi) is 6.87. The molecule has 1 aliphatic rings. The molecule has 30 heavy (non-hydrogen) atoms. The van der Waals surface area contributed by atoms with Crippen molar-refractivity contribution in [1.29, 1.82) is 0 Å². The van der Waals surface area contributed by atoms with Gasteiger partial charge in [0.15, 0.2) is 11.5 Å². The number of nitrogens with zero attached hydrogens (tertiary/aromatic N) is 1. The average Bonchev–Trinajstić information content (AvgIpc) is 2.75. The lowest BCUT2D eigenvalue weighted by Gasteiger charge is -2.40. The quantitative estimate of drug-likeness (QED) is 0.728. The summed E-state index contributed by atoms with van der Waals surface area (Å²) < 4.78 is 16.7. The second kappa shape index (κ2) is 9.39. The topological polar surface area (TPSA) is 68.2 Å². The van der Waals surface area contributed by atoms with Gasteiger partial charge in [0.1, 0.15) is 6.04 Å². The van der Waals surface area contributed by atoms with Crippen LogP contribution in [0.25, 0.3) is 0 Å². The fourth-order valence-electron chi connectivity index (χ4n) is 4.39. The molecule has 0 amide bonds. The van der Waals surface area contributed by atoms with Crippen molar-refractivity contribution < 1.29 is 24.1 Å². The molecule has 3 rings (SSSR count). The monoisotopic (exact) mass is 413 g/mol. The molecule has 1 saturated heterocycles. The normalized spacial score (nSPS) is 18.0. The number of benzene rings is 2. The van der Waals surface area contributed by atoms with Crippen LogP contribution in [0.3, 0.4) is 0 Å². The number of hydrogen-bond donors (Lipinski definition) is 1. The van der Waals surface area contributed by atoms with Gasteiger partial charge in [0.25, 0.3) is 0 Å². The lowest BCUT2D eigenvalue weighted by atomic mass is 9.88. The van der Waals surface area contributed by atoms with Crippen molar-refractivity contribution in [1.82, 2.24) is 4.90 Å². The molecule has 2 unspecified atom stereocenters. The van der Waals surface area contributed by atoms with Crippen LogP contribution in [0.15, 0.2) is 30.3 Å². The van der Waals surface area contributed by atoms with Crippen molar-refractivity contribution in [2.24, 2.45) is 0 Å². The van der Waals surface area contributed by atoms with Gasteiger partial charge in [-0.1, -0.05) is 30.2 Å². The number of rotatable bonds is 7. The SMILES string of the molecule is COc1cc(C(c2cc(C)ccc2C)N2CCCCC2C(=O)O)cc(OC)c1OC. The molecule has 1 fully saturated rings. The van der Waals surface area contributed by atoms with Crippen LogP contribution in [0, 0.1) is 13.8 Å². The van der Waals surface area contributed by atoms with Crippen LogP contribution in [0.4, 0.5) is 0 Å². The number of aliphatic carboxylic acids is 1. The van der Waals surface area contributed by atoms with Gasteiger partial charge < -0.3 is 19.3 Å². The highest BCUT2D eigenvalue weighted by atomic mass is 16.5. The number of carboxylic acid groups (broad SMARTS) is 1. The van der Waals surface area contributed by atoms with Gasteiger partial charge in [0.05, 0.1) is 27.4 Å². The van der Waals surface area contributed by atoms with Crippen LogP contribution in [-0.2, 0) is 4.79 Å².